The van der Waals surface area contributed by atoms with Gasteiger partial charge >= 0.3 is 0 Å². The summed E-state index contributed by atoms with van der Waals surface area (Å²) in [5, 5.41) is 14.8. The summed E-state index contributed by atoms with van der Waals surface area (Å²) >= 11 is 3.20. The molecule has 1 amide bonds. The molecule has 1 saturated carbocycles. The molecule has 0 aliphatic heterocycles. The van der Waals surface area contributed by atoms with Crippen LogP contribution in [0.4, 0.5) is 0 Å². The molecule has 0 atom stereocenters. The number of rotatable bonds is 7. The molecule has 0 aromatic carbocycles. The molecular formula is C17H24N4OS2. The van der Waals surface area contributed by atoms with Crippen LogP contribution in [0, 0.1) is 6.92 Å². The number of thioether (sulfide) groups is 1. The Morgan fingerprint density at radius 3 is 2.88 bits per heavy atom. The van der Waals surface area contributed by atoms with Crippen LogP contribution in [0.25, 0.3) is 11.4 Å². The number of aromatic nitrogens is 3. The fraction of sp³-hybridized carbons (Fsp3) is 0.588. The summed E-state index contributed by atoms with van der Waals surface area (Å²) in [5.74, 6) is 1.41. The van der Waals surface area contributed by atoms with Gasteiger partial charge in [-0.1, -0.05) is 31.5 Å². The van der Waals surface area contributed by atoms with Crippen LogP contribution in [-0.2, 0) is 11.3 Å². The maximum Gasteiger partial charge on any atom is 0.230 e. The van der Waals surface area contributed by atoms with E-state index < -0.39 is 0 Å². The zero-order valence-electron chi connectivity index (χ0n) is 14.2. The molecule has 0 bridgehead atoms. The van der Waals surface area contributed by atoms with Crippen LogP contribution in [0.5, 0.6) is 0 Å². The SMILES string of the molecule is CCCn1c(SCC(=O)NC2CCCC2)nnc1-c1csc(C)c1. The van der Waals surface area contributed by atoms with Crippen molar-refractivity contribution in [2.75, 3.05) is 5.75 Å². The minimum atomic E-state index is 0.103. The van der Waals surface area contributed by atoms with Crippen molar-refractivity contribution in [3.8, 4) is 11.4 Å². The highest BCUT2D eigenvalue weighted by molar-refractivity contribution is 7.99. The van der Waals surface area contributed by atoms with Crippen molar-refractivity contribution < 1.29 is 4.79 Å². The lowest BCUT2D eigenvalue weighted by atomic mass is 10.2. The molecule has 2 aromatic heterocycles. The Bertz CT molecular complexity index is 689. The van der Waals surface area contributed by atoms with Crippen molar-refractivity contribution in [1.82, 2.24) is 20.1 Å². The second-order valence-corrected chi connectivity index (χ2v) is 8.30. The number of thiophene rings is 1. The van der Waals surface area contributed by atoms with Gasteiger partial charge < -0.3 is 9.88 Å². The molecule has 2 heterocycles. The smallest absolute Gasteiger partial charge is 0.230 e. The largest absolute Gasteiger partial charge is 0.353 e. The predicted molar refractivity (Wildman–Crippen MR) is 99.5 cm³/mol. The van der Waals surface area contributed by atoms with E-state index in [-0.39, 0.29) is 5.91 Å². The van der Waals surface area contributed by atoms with Gasteiger partial charge in [-0.3, -0.25) is 4.79 Å². The summed E-state index contributed by atoms with van der Waals surface area (Å²) in [7, 11) is 0. The Morgan fingerprint density at radius 2 is 2.21 bits per heavy atom. The summed E-state index contributed by atoms with van der Waals surface area (Å²) in [5.41, 5.74) is 1.11. The van der Waals surface area contributed by atoms with Gasteiger partial charge in [0.1, 0.15) is 0 Å². The zero-order valence-corrected chi connectivity index (χ0v) is 15.9. The van der Waals surface area contributed by atoms with Crippen LogP contribution in [0.2, 0.25) is 0 Å². The van der Waals surface area contributed by atoms with E-state index in [1.807, 2.05) is 0 Å². The molecule has 7 heteroatoms. The van der Waals surface area contributed by atoms with Gasteiger partial charge in [0.15, 0.2) is 11.0 Å². The minimum Gasteiger partial charge on any atom is -0.353 e. The lowest BCUT2D eigenvalue weighted by molar-refractivity contribution is -0.119. The maximum atomic E-state index is 12.1. The number of nitrogens with one attached hydrogen (secondary N) is 1. The molecule has 5 nitrogen and oxygen atoms in total. The number of amides is 1. The molecule has 1 aliphatic carbocycles. The van der Waals surface area contributed by atoms with Gasteiger partial charge in [0, 0.05) is 28.4 Å². The van der Waals surface area contributed by atoms with E-state index in [9.17, 15) is 4.79 Å². The van der Waals surface area contributed by atoms with Crippen LogP contribution in [0.1, 0.15) is 43.9 Å². The highest BCUT2D eigenvalue weighted by Gasteiger charge is 2.19. The van der Waals surface area contributed by atoms with Gasteiger partial charge in [0.25, 0.3) is 0 Å². The molecule has 1 N–H and O–H groups in total. The molecule has 1 aliphatic rings. The summed E-state index contributed by atoms with van der Waals surface area (Å²) in [4.78, 5) is 13.4. The summed E-state index contributed by atoms with van der Waals surface area (Å²) < 4.78 is 2.13. The number of nitrogens with zero attached hydrogens (tertiary/aromatic N) is 3. The van der Waals surface area contributed by atoms with Crippen molar-refractivity contribution in [2.45, 2.75) is 63.7 Å². The highest BCUT2D eigenvalue weighted by atomic mass is 32.2. The summed E-state index contributed by atoms with van der Waals surface area (Å²) in [6.45, 7) is 5.10. The first kappa shape index (κ1) is 17.5. The van der Waals surface area contributed by atoms with Crippen molar-refractivity contribution in [3.63, 3.8) is 0 Å². The van der Waals surface area contributed by atoms with E-state index in [4.69, 9.17) is 0 Å². The lowest BCUT2D eigenvalue weighted by Gasteiger charge is -2.12. The van der Waals surface area contributed by atoms with E-state index in [1.165, 1.54) is 29.5 Å². The minimum absolute atomic E-state index is 0.103. The normalized spacial score (nSPS) is 15.1. The van der Waals surface area contributed by atoms with Gasteiger partial charge in [0.05, 0.1) is 5.75 Å². The van der Waals surface area contributed by atoms with Crippen LogP contribution in [0.3, 0.4) is 0 Å². The molecule has 2 aromatic rings. The molecule has 0 spiro atoms. The van der Waals surface area contributed by atoms with Crippen LogP contribution >= 0.6 is 23.1 Å². The first-order valence-electron chi connectivity index (χ1n) is 8.58. The Morgan fingerprint density at radius 1 is 1.42 bits per heavy atom. The third kappa shape index (κ3) is 4.19. The zero-order chi connectivity index (χ0) is 16.9. The van der Waals surface area contributed by atoms with Gasteiger partial charge in [0.2, 0.25) is 5.91 Å². The van der Waals surface area contributed by atoms with E-state index in [0.29, 0.717) is 11.8 Å². The van der Waals surface area contributed by atoms with Crippen LogP contribution < -0.4 is 5.32 Å². The summed E-state index contributed by atoms with van der Waals surface area (Å²) in [6, 6.07) is 2.51. The van der Waals surface area contributed by atoms with E-state index in [0.717, 1.165) is 42.4 Å². The van der Waals surface area contributed by atoms with Crippen molar-refractivity contribution >= 4 is 29.0 Å². The average molecular weight is 365 g/mol. The topological polar surface area (TPSA) is 59.8 Å². The van der Waals surface area contributed by atoms with Crippen LogP contribution in [0.15, 0.2) is 16.6 Å². The van der Waals surface area contributed by atoms with Gasteiger partial charge in [-0.05, 0) is 32.3 Å². The number of aryl methyl sites for hydroxylation is 1. The van der Waals surface area contributed by atoms with E-state index >= 15 is 0 Å². The number of hydrogen-bond donors (Lipinski definition) is 1. The van der Waals surface area contributed by atoms with Gasteiger partial charge in [-0.2, -0.15) is 0 Å². The standard InChI is InChI=1S/C17H24N4OS2/c1-3-8-21-16(13-9-12(2)23-10-13)19-20-17(21)24-11-15(22)18-14-6-4-5-7-14/h9-10,14H,3-8,11H2,1-2H3,(H,18,22). The Balaban J connectivity index is 1.66. The molecule has 0 radical (unpaired) electrons. The van der Waals surface area contributed by atoms with Gasteiger partial charge in [-0.15, -0.1) is 21.5 Å². The Labute approximate surface area is 151 Å². The molecular weight excluding hydrogens is 340 g/mol. The fourth-order valence-electron chi connectivity index (χ4n) is 3.06. The molecule has 3 rings (SSSR count). The van der Waals surface area contributed by atoms with Crippen molar-refractivity contribution in [1.29, 1.82) is 0 Å². The quantitative estimate of drug-likeness (QED) is 0.758. The van der Waals surface area contributed by atoms with Crippen molar-refractivity contribution in [2.24, 2.45) is 0 Å². The molecule has 24 heavy (non-hydrogen) atoms. The molecule has 1 fully saturated rings. The molecule has 0 saturated heterocycles. The molecule has 0 unspecified atom stereocenters. The Kier molecular flexibility index (Phi) is 5.94. The predicted octanol–water partition coefficient (Wildman–Crippen LogP) is 3.88. The highest BCUT2D eigenvalue weighted by Crippen LogP contribution is 2.28. The van der Waals surface area contributed by atoms with Crippen molar-refractivity contribution in [3.05, 3.63) is 16.3 Å². The third-order valence-corrected chi connectivity index (χ3v) is 6.03. The number of carbonyl (C=O) groups is 1. The lowest BCUT2D eigenvalue weighted by Crippen LogP contribution is -2.33. The molecule has 130 valence electrons. The Hall–Kier alpha value is -1.34. The number of carbonyl (C=O) groups excluding carboxylic acids is 1. The maximum absolute atomic E-state index is 12.1. The second-order valence-electron chi connectivity index (χ2n) is 6.24. The van der Waals surface area contributed by atoms with E-state index in [1.54, 1.807) is 11.3 Å². The first-order valence-corrected chi connectivity index (χ1v) is 10.4. The first-order chi connectivity index (χ1) is 11.7. The number of hydrogen-bond acceptors (Lipinski definition) is 5. The monoisotopic (exact) mass is 364 g/mol. The average Bonchev–Trinajstić information content (AvgIpc) is 3.28. The fourth-order valence-corrected chi connectivity index (χ4v) is 4.52. The van der Waals surface area contributed by atoms with E-state index in [2.05, 4.69) is 45.4 Å². The second kappa shape index (κ2) is 8.16. The van der Waals surface area contributed by atoms with Gasteiger partial charge in [-0.25, -0.2) is 0 Å². The third-order valence-electron chi connectivity index (χ3n) is 4.21. The van der Waals surface area contributed by atoms with Crippen LogP contribution in [-0.4, -0.2) is 32.5 Å². The summed E-state index contributed by atoms with van der Waals surface area (Å²) in [6.07, 6.45) is 5.70.